The fourth-order valence-corrected chi connectivity index (χ4v) is 2.32. The maximum Gasteiger partial charge on any atom is 0.358 e. The van der Waals surface area contributed by atoms with Gasteiger partial charge in [0, 0.05) is 0 Å². The molecule has 0 saturated carbocycles. The lowest BCUT2D eigenvalue weighted by Gasteiger charge is -1.96. The Kier molecular flexibility index (Phi) is 6.04. The van der Waals surface area contributed by atoms with Crippen molar-refractivity contribution in [2.24, 2.45) is 0 Å². The van der Waals surface area contributed by atoms with Gasteiger partial charge in [0.2, 0.25) is 0 Å². The lowest BCUT2D eigenvalue weighted by Crippen LogP contribution is -2.04. The predicted octanol–water partition coefficient (Wildman–Crippen LogP) is 2.09. The number of anilines is 1. The molecule has 3 aromatic rings. The van der Waals surface area contributed by atoms with Gasteiger partial charge in [-0.3, -0.25) is 0 Å². The van der Waals surface area contributed by atoms with Crippen molar-refractivity contribution >= 4 is 62.6 Å². The normalized spacial score (nSPS) is 10.1. The van der Waals surface area contributed by atoms with Crippen LogP contribution in [-0.4, -0.2) is 37.9 Å². The predicted molar refractivity (Wildman–Crippen MR) is 101 cm³/mol. The topological polar surface area (TPSA) is 108 Å². The van der Waals surface area contributed by atoms with Crippen molar-refractivity contribution in [3.8, 4) is 0 Å². The van der Waals surface area contributed by atoms with E-state index in [-0.39, 0.29) is 0 Å². The van der Waals surface area contributed by atoms with Crippen molar-refractivity contribution in [3.63, 3.8) is 0 Å². The molecule has 0 aliphatic rings. The summed E-state index contributed by atoms with van der Waals surface area (Å²) in [6.07, 6.45) is 0. The van der Waals surface area contributed by atoms with E-state index in [0.717, 1.165) is 7.40 Å². The molecular weight excluding hydrogens is 526 g/mol. The Morgan fingerprint density at radius 2 is 1.87 bits per heavy atom. The zero-order chi connectivity index (χ0) is 17.0. The molecule has 0 bridgehead atoms. The maximum absolute atomic E-state index is 11.4. The molecule has 0 spiro atoms. The standard InChI is InChI=1S/C9H8IN3O2.C4H4IN3/c1-5-8(9(14)15-2)11-7-4-3-6(10)12-13(5)7;5-3-1-2-4(6)8-7-3/h3-4H,1-2H3;1-2H,(H2,6,8). The quantitative estimate of drug-likeness (QED) is 0.374. The minimum absolute atomic E-state index is 0.312. The number of nitrogens with zero attached hydrogens (tertiary/aromatic N) is 5. The highest BCUT2D eigenvalue weighted by Crippen LogP contribution is 2.12. The summed E-state index contributed by atoms with van der Waals surface area (Å²) < 4.78 is 7.97. The molecule has 0 aromatic carbocycles. The van der Waals surface area contributed by atoms with Crippen LogP contribution in [0.25, 0.3) is 5.65 Å². The van der Waals surface area contributed by atoms with Crippen molar-refractivity contribution in [2.75, 3.05) is 12.8 Å². The second kappa shape index (κ2) is 7.81. The van der Waals surface area contributed by atoms with Crippen LogP contribution in [0.2, 0.25) is 0 Å². The van der Waals surface area contributed by atoms with E-state index in [1.54, 1.807) is 17.5 Å². The molecule has 0 fully saturated rings. The third-order valence-corrected chi connectivity index (χ3v) is 3.85. The van der Waals surface area contributed by atoms with Crippen LogP contribution in [0.1, 0.15) is 16.2 Å². The van der Waals surface area contributed by atoms with E-state index < -0.39 is 5.97 Å². The molecule has 23 heavy (non-hydrogen) atoms. The summed E-state index contributed by atoms with van der Waals surface area (Å²) in [4.78, 5) is 15.5. The first-order chi connectivity index (χ1) is 10.9. The average Bonchev–Trinajstić information content (AvgIpc) is 2.87. The first-order valence-corrected chi connectivity index (χ1v) is 8.43. The van der Waals surface area contributed by atoms with E-state index in [0.29, 0.717) is 22.9 Å². The van der Waals surface area contributed by atoms with Gasteiger partial charge in [-0.2, -0.15) is 5.10 Å². The highest BCUT2D eigenvalue weighted by atomic mass is 127. The Morgan fingerprint density at radius 3 is 2.43 bits per heavy atom. The van der Waals surface area contributed by atoms with Gasteiger partial charge in [-0.1, -0.05) is 0 Å². The number of hydrogen-bond acceptors (Lipinski definition) is 7. The number of aromatic nitrogens is 5. The third-order valence-electron chi connectivity index (χ3n) is 2.70. The van der Waals surface area contributed by atoms with E-state index in [1.807, 2.05) is 18.2 Å². The molecule has 3 heterocycles. The van der Waals surface area contributed by atoms with Crippen molar-refractivity contribution in [2.45, 2.75) is 6.92 Å². The van der Waals surface area contributed by atoms with Crippen molar-refractivity contribution in [3.05, 3.63) is 43.1 Å². The van der Waals surface area contributed by atoms with Gasteiger partial charge in [-0.25, -0.2) is 14.3 Å². The van der Waals surface area contributed by atoms with Crippen molar-refractivity contribution < 1.29 is 9.53 Å². The third kappa shape index (κ3) is 4.46. The van der Waals surface area contributed by atoms with Crippen LogP contribution in [0.5, 0.6) is 0 Å². The molecule has 8 nitrogen and oxygen atoms in total. The van der Waals surface area contributed by atoms with Gasteiger partial charge in [0.15, 0.2) is 11.3 Å². The zero-order valence-corrected chi connectivity index (χ0v) is 16.5. The molecule has 10 heteroatoms. The number of ether oxygens (including phenoxy) is 1. The van der Waals surface area contributed by atoms with E-state index in [2.05, 4.69) is 70.2 Å². The number of nitrogens with two attached hydrogens (primary N) is 1. The van der Waals surface area contributed by atoms with Crippen molar-refractivity contribution in [1.29, 1.82) is 0 Å². The lowest BCUT2D eigenvalue weighted by atomic mass is 10.3. The number of aryl methyl sites for hydroxylation is 1. The molecule has 0 saturated heterocycles. The number of methoxy groups -OCH3 is 1. The van der Waals surface area contributed by atoms with Crippen LogP contribution in [0, 0.1) is 14.3 Å². The fourth-order valence-electron chi connectivity index (χ4n) is 1.64. The van der Waals surface area contributed by atoms with Gasteiger partial charge in [-0.15, -0.1) is 10.2 Å². The average molecular weight is 538 g/mol. The summed E-state index contributed by atoms with van der Waals surface area (Å²) in [6.45, 7) is 1.79. The molecule has 0 aliphatic heterocycles. The van der Waals surface area contributed by atoms with Crippen LogP contribution in [0.3, 0.4) is 0 Å². The monoisotopic (exact) mass is 538 g/mol. The van der Waals surface area contributed by atoms with E-state index in [1.165, 1.54) is 7.11 Å². The number of imidazole rings is 1. The number of carbonyl (C=O) groups is 1. The molecule has 120 valence electrons. The smallest absolute Gasteiger partial charge is 0.358 e. The Balaban J connectivity index is 0.000000203. The van der Waals surface area contributed by atoms with Crippen molar-refractivity contribution in [1.82, 2.24) is 24.8 Å². The number of fused-ring (bicyclic) bond motifs is 1. The summed E-state index contributed by atoms with van der Waals surface area (Å²) in [5.41, 5.74) is 6.90. The van der Waals surface area contributed by atoms with E-state index in [4.69, 9.17) is 5.73 Å². The molecule has 2 N–H and O–H groups in total. The number of esters is 1. The second-order valence-electron chi connectivity index (χ2n) is 4.24. The summed E-state index contributed by atoms with van der Waals surface area (Å²) in [6, 6.07) is 7.18. The van der Waals surface area contributed by atoms with Gasteiger partial charge in [-0.05, 0) is 76.4 Å². The molecule has 0 amide bonds. The fraction of sp³-hybridized carbons (Fsp3) is 0.154. The van der Waals surface area contributed by atoms with Gasteiger partial charge in [0.05, 0.1) is 12.8 Å². The molecule has 0 radical (unpaired) electrons. The van der Waals surface area contributed by atoms with Gasteiger partial charge in [0.1, 0.15) is 13.2 Å². The summed E-state index contributed by atoms with van der Waals surface area (Å²) in [5, 5.41) is 11.5. The Hall–Kier alpha value is -1.57. The summed E-state index contributed by atoms with van der Waals surface area (Å²) in [7, 11) is 1.34. The molecule has 0 unspecified atom stereocenters. The number of nitrogen functional groups attached to an aromatic ring is 1. The number of carbonyl (C=O) groups excluding carboxylic acids is 1. The van der Waals surface area contributed by atoms with E-state index in [9.17, 15) is 4.79 Å². The Labute approximate surface area is 159 Å². The SMILES string of the molecule is COC(=O)c1nc2ccc(I)nn2c1C.Nc1ccc(I)nn1. The van der Waals surface area contributed by atoms with Gasteiger partial charge >= 0.3 is 5.97 Å². The molecule has 0 atom stereocenters. The van der Waals surface area contributed by atoms with Crippen LogP contribution in [0.15, 0.2) is 24.3 Å². The number of rotatable bonds is 1. The summed E-state index contributed by atoms with van der Waals surface area (Å²) in [5.74, 6) is 0.0263. The molecular formula is C13H12I2N6O2. The number of halogens is 2. The van der Waals surface area contributed by atoms with Crippen LogP contribution < -0.4 is 5.73 Å². The van der Waals surface area contributed by atoms with E-state index >= 15 is 0 Å². The highest BCUT2D eigenvalue weighted by Gasteiger charge is 2.16. The summed E-state index contributed by atoms with van der Waals surface area (Å²) >= 11 is 4.17. The molecule has 3 aromatic heterocycles. The maximum atomic E-state index is 11.4. The second-order valence-corrected chi connectivity index (χ2v) is 6.45. The first kappa shape index (κ1) is 17.8. The minimum Gasteiger partial charge on any atom is -0.464 e. The lowest BCUT2D eigenvalue weighted by molar-refractivity contribution is 0.0594. The largest absolute Gasteiger partial charge is 0.464 e. The van der Waals surface area contributed by atoms with Gasteiger partial charge < -0.3 is 10.5 Å². The molecule has 0 aliphatic carbocycles. The zero-order valence-electron chi connectivity index (χ0n) is 12.2. The minimum atomic E-state index is -0.437. The Bertz CT molecular complexity index is 813. The van der Waals surface area contributed by atoms with Crippen LogP contribution in [0.4, 0.5) is 5.82 Å². The highest BCUT2D eigenvalue weighted by molar-refractivity contribution is 14.1. The molecule has 3 rings (SSSR count). The Morgan fingerprint density at radius 1 is 1.17 bits per heavy atom. The first-order valence-electron chi connectivity index (χ1n) is 6.27. The number of hydrogen-bond donors (Lipinski definition) is 1. The van der Waals surface area contributed by atoms with Crippen LogP contribution >= 0.6 is 45.2 Å². The van der Waals surface area contributed by atoms with Gasteiger partial charge in [0.25, 0.3) is 0 Å². The van der Waals surface area contributed by atoms with Crippen LogP contribution in [-0.2, 0) is 4.74 Å².